The van der Waals surface area contributed by atoms with E-state index in [1.165, 1.54) is 96.3 Å². The van der Waals surface area contributed by atoms with Gasteiger partial charge in [-0.25, -0.2) is 4.57 Å². The summed E-state index contributed by atoms with van der Waals surface area (Å²) in [5.41, 5.74) is 0. The first-order valence-electron chi connectivity index (χ1n) is 21.6. The van der Waals surface area contributed by atoms with Crippen molar-refractivity contribution in [3.63, 3.8) is 0 Å². The number of phosphoric ester groups is 1. The zero-order chi connectivity index (χ0) is 38.2. The van der Waals surface area contributed by atoms with Gasteiger partial charge in [0.05, 0.1) is 13.2 Å². The molecule has 52 heavy (non-hydrogen) atoms. The van der Waals surface area contributed by atoms with E-state index in [2.05, 4.69) is 38.2 Å². The van der Waals surface area contributed by atoms with Crippen LogP contribution in [0.25, 0.3) is 0 Å². The van der Waals surface area contributed by atoms with Crippen LogP contribution in [0.15, 0.2) is 24.3 Å². The van der Waals surface area contributed by atoms with Gasteiger partial charge in [-0.2, -0.15) is 0 Å². The first-order chi connectivity index (χ1) is 25.3. The summed E-state index contributed by atoms with van der Waals surface area (Å²) in [5, 5.41) is 0. The lowest BCUT2D eigenvalue weighted by atomic mass is 10.1. The predicted octanol–water partition coefficient (Wildman–Crippen LogP) is 13.5. The summed E-state index contributed by atoms with van der Waals surface area (Å²) in [6.45, 7) is 5.92. The van der Waals surface area contributed by atoms with Crippen molar-refractivity contribution in [3.8, 4) is 0 Å². The average Bonchev–Trinajstić information content (AvgIpc) is 3.12. The number of phosphoric acid groups is 1. The molecular weight excluding hydrogens is 675 g/mol. The van der Waals surface area contributed by atoms with E-state index in [9.17, 15) is 19.0 Å². The molecule has 0 aromatic rings. The smallest absolute Gasteiger partial charge is 0.462 e. The van der Waals surface area contributed by atoms with Gasteiger partial charge in [0, 0.05) is 12.8 Å². The maximum atomic E-state index is 12.6. The maximum absolute atomic E-state index is 12.6. The Kier molecular flexibility index (Phi) is 38.1. The SMILES string of the molecule is CCCCCCCC/C=C\CCCCCCCC(=O)OCC(COP(=O)(O)OCCCC)OC(=O)CCCCCCC/C=C\CCCCCCCC. The first-order valence-corrected chi connectivity index (χ1v) is 23.1. The van der Waals surface area contributed by atoms with E-state index in [4.69, 9.17) is 18.5 Å². The topological polar surface area (TPSA) is 108 Å². The minimum absolute atomic E-state index is 0.0924. The molecule has 2 unspecified atom stereocenters. The summed E-state index contributed by atoms with van der Waals surface area (Å²) in [7, 11) is -4.31. The highest BCUT2D eigenvalue weighted by molar-refractivity contribution is 7.47. The molecule has 0 aromatic carbocycles. The third-order valence-electron chi connectivity index (χ3n) is 9.19. The second kappa shape index (κ2) is 39.2. The van der Waals surface area contributed by atoms with Gasteiger partial charge >= 0.3 is 19.8 Å². The summed E-state index contributed by atoms with van der Waals surface area (Å²) < 4.78 is 33.3. The van der Waals surface area contributed by atoms with Crippen molar-refractivity contribution in [1.29, 1.82) is 0 Å². The second-order valence-electron chi connectivity index (χ2n) is 14.4. The van der Waals surface area contributed by atoms with Gasteiger partial charge in [0.2, 0.25) is 0 Å². The van der Waals surface area contributed by atoms with Crippen LogP contribution in [0.3, 0.4) is 0 Å². The summed E-state index contributed by atoms with van der Waals surface area (Å²) in [5.74, 6) is -0.804. The number of unbranched alkanes of at least 4 members (excludes halogenated alkanes) is 23. The Bertz CT molecular complexity index is 906. The molecule has 9 heteroatoms. The summed E-state index contributed by atoms with van der Waals surface area (Å²) >= 11 is 0. The molecule has 0 fully saturated rings. The molecule has 0 saturated heterocycles. The highest BCUT2D eigenvalue weighted by Gasteiger charge is 2.26. The molecule has 0 aliphatic carbocycles. The lowest BCUT2D eigenvalue weighted by Crippen LogP contribution is -2.29. The van der Waals surface area contributed by atoms with E-state index in [0.717, 1.165) is 70.6 Å². The number of carbonyl (C=O) groups excluding carboxylic acids is 2. The van der Waals surface area contributed by atoms with Gasteiger partial charge in [-0.15, -0.1) is 0 Å². The first kappa shape index (κ1) is 50.5. The molecule has 0 amide bonds. The van der Waals surface area contributed by atoms with Gasteiger partial charge in [0.25, 0.3) is 0 Å². The summed E-state index contributed by atoms with van der Waals surface area (Å²) in [6, 6.07) is 0. The molecule has 0 rings (SSSR count). The third kappa shape index (κ3) is 38.3. The van der Waals surface area contributed by atoms with Crippen LogP contribution in [0.2, 0.25) is 0 Å². The monoisotopic (exact) mass is 757 g/mol. The molecule has 306 valence electrons. The Hall–Kier alpha value is -1.47. The van der Waals surface area contributed by atoms with Crippen LogP contribution in [0.5, 0.6) is 0 Å². The normalized spacial score (nSPS) is 13.5. The molecule has 8 nitrogen and oxygen atoms in total. The summed E-state index contributed by atoms with van der Waals surface area (Å²) in [6.07, 6.45) is 40.8. The number of allylic oxidation sites excluding steroid dienone is 4. The molecule has 0 heterocycles. The van der Waals surface area contributed by atoms with E-state index in [0.29, 0.717) is 12.8 Å². The molecule has 0 aromatic heterocycles. The fourth-order valence-electron chi connectivity index (χ4n) is 5.84. The van der Waals surface area contributed by atoms with Crippen LogP contribution in [-0.2, 0) is 32.7 Å². The Morgan fingerprint density at radius 3 is 1.33 bits per heavy atom. The highest BCUT2D eigenvalue weighted by atomic mass is 31.2. The minimum atomic E-state index is -4.31. The van der Waals surface area contributed by atoms with E-state index >= 15 is 0 Å². The standard InChI is InChI=1S/C43H81O8P/c1-4-7-10-12-14-16-18-20-22-24-26-28-30-32-34-36-42(44)48-39-41(40-50-52(46,47)49-38-9-6-3)51-43(45)37-35-33-31-29-27-25-23-21-19-17-15-13-11-8-5-2/h20-23,41H,4-19,24-40H2,1-3H3,(H,46,47)/b22-20-,23-21-. The molecule has 0 spiro atoms. The Morgan fingerprint density at radius 1 is 0.500 bits per heavy atom. The van der Waals surface area contributed by atoms with Crippen molar-refractivity contribution in [3.05, 3.63) is 24.3 Å². The van der Waals surface area contributed by atoms with E-state index in [1.807, 2.05) is 6.92 Å². The van der Waals surface area contributed by atoms with Gasteiger partial charge in [-0.05, 0) is 70.6 Å². The number of rotatable bonds is 40. The van der Waals surface area contributed by atoms with Crippen molar-refractivity contribution in [1.82, 2.24) is 0 Å². The fraction of sp³-hybridized carbons (Fsp3) is 0.860. The molecule has 0 aliphatic heterocycles. The molecule has 1 N–H and O–H groups in total. The number of hydrogen-bond acceptors (Lipinski definition) is 7. The largest absolute Gasteiger partial charge is 0.472 e. The highest BCUT2D eigenvalue weighted by Crippen LogP contribution is 2.43. The fourth-order valence-corrected chi connectivity index (χ4v) is 6.63. The maximum Gasteiger partial charge on any atom is 0.472 e. The number of esters is 2. The third-order valence-corrected chi connectivity index (χ3v) is 10.2. The molecule has 0 radical (unpaired) electrons. The lowest BCUT2D eigenvalue weighted by Gasteiger charge is -2.20. The Labute approximate surface area is 320 Å². The summed E-state index contributed by atoms with van der Waals surface area (Å²) in [4.78, 5) is 35.0. The van der Waals surface area contributed by atoms with E-state index in [1.54, 1.807) is 0 Å². The van der Waals surface area contributed by atoms with Crippen molar-refractivity contribution >= 4 is 19.8 Å². The van der Waals surface area contributed by atoms with Crippen molar-refractivity contribution in [2.75, 3.05) is 19.8 Å². The van der Waals surface area contributed by atoms with Crippen LogP contribution >= 0.6 is 7.82 Å². The number of ether oxygens (including phenoxy) is 2. The van der Waals surface area contributed by atoms with Crippen LogP contribution in [0.4, 0.5) is 0 Å². The van der Waals surface area contributed by atoms with Crippen LogP contribution in [0, 0.1) is 0 Å². The van der Waals surface area contributed by atoms with E-state index in [-0.39, 0.29) is 32.0 Å². The van der Waals surface area contributed by atoms with E-state index < -0.39 is 26.5 Å². The molecule has 0 saturated carbocycles. The zero-order valence-electron chi connectivity index (χ0n) is 34.0. The van der Waals surface area contributed by atoms with Crippen molar-refractivity contribution in [2.45, 2.75) is 219 Å². The Morgan fingerprint density at radius 2 is 0.885 bits per heavy atom. The lowest BCUT2D eigenvalue weighted by molar-refractivity contribution is -0.161. The number of hydrogen-bond donors (Lipinski definition) is 1. The number of carbonyl (C=O) groups is 2. The molecule has 2 atom stereocenters. The Balaban J connectivity index is 4.25. The average molecular weight is 757 g/mol. The molecule has 0 bridgehead atoms. The van der Waals surface area contributed by atoms with Gasteiger partial charge in [-0.1, -0.05) is 154 Å². The van der Waals surface area contributed by atoms with Crippen LogP contribution in [-0.4, -0.2) is 42.8 Å². The van der Waals surface area contributed by atoms with Crippen LogP contribution in [0.1, 0.15) is 213 Å². The second-order valence-corrected chi connectivity index (χ2v) is 15.9. The van der Waals surface area contributed by atoms with Crippen molar-refractivity contribution < 1.29 is 37.6 Å². The van der Waals surface area contributed by atoms with Gasteiger partial charge in [0.1, 0.15) is 6.61 Å². The van der Waals surface area contributed by atoms with Crippen molar-refractivity contribution in [2.24, 2.45) is 0 Å². The van der Waals surface area contributed by atoms with Gasteiger partial charge in [0.15, 0.2) is 6.10 Å². The van der Waals surface area contributed by atoms with Gasteiger partial charge < -0.3 is 14.4 Å². The molecule has 0 aliphatic rings. The quantitative estimate of drug-likeness (QED) is 0.0285. The molecular formula is C43H81O8P. The predicted molar refractivity (Wildman–Crippen MR) is 216 cm³/mol. The van der Waals surface area contributed by atoms with Crippen LogP contribution < -0.4 is 0 Å². The van der Waals surface area contributed by atoms with Gasteiger partial charge in [-0.3, -0.25) is 18.6 Å². The minimum Gasteiger partial charge on any atom is -0.462 e. The zero-order valence-corrected chi connectivity index (χ0v) is 34.9.